The molecule has 0 heterocycles. The minimum absolute atomic E-state index is 0.198. The topological polar surface area (TPSA) is 58.2 Å². The van der Waals surface area contributed by atoms with Gasteiger partial charge in [0.15, 0.2) is 0 Å². The molecule has 0 saturated heterocycles. The number of fused-ring (bicyclic) bond motifs is 1. The molecule has 0 aliphatic rings. The molecule has 5 heteroatoms. The van der Waals surface area contributed by atoms with Crippen LogP contribution in [-0.4, -0.2) is 24.4 Å². The van der Waals surface area contributed by atoms with Crippen LogP contribution >= 0.6 is 11.6 Å². The molecule has 0 aliphatic heterocycles. The highest BCUT2D eigenvalue weighted by molar-refractivity contribution is 6.30. The molecule has 0 aromatic heterocycles. The Morgan fingerprint density at radius 1 is 0.765 bits per heavy atom. The van der Waals surface area contributed by atoms with Crippen molar-refractivity contribution in [2.24, 2.45) is 0 Å². The van der Waals surface area contributed by atoms with E-state index in [-0.39, 0.29) is 11.8 Å². The summed E-state index contributed by atoms with van der Waals surface area (Å²) in [6.45, 7) is 0.537. The largest absolute Gasteiger partial charge is 0.354 e. The zero-order valence-electron chi connectivity index (χ0n) is 18.8. The Morgan fingerprint density at radius 3 is 2.26 bits per heavy atom. The summed E-state index contributed by atoms with van der Waals surface area (Å²) < 4.78 is 0. The van der Waals surface area contributed by atoms with Crippen LogP contribution in [0.1, 0.15) is 27.9 Å². The first-order valence-corrected chi connectivity index (χ1v) is 11.8. The Hall–Kier alpha value is -3.63. The first-order valence-electron chi connectivity index (χ1n) is 11.4. The molecule has 4 rings (SSSR count). The highest BCUT2D eigenvalue weighted by atomic mass is 35.5. The smallest absolute Gasteiger partial charge is 0.252 e. The second kappa shape index (κ2) is 11.5. The van der Waals surface area contributed by atoms with Crippen molar-refractivity contribution in [2.45, 2.75) is 25.3 Å². The Morgan fingerprint density at radius 2 is 1.47 bits per heavy atom. The Labute approximate surface area is 205 Å². The van der Waals surface area contributed by atoms with E-state index in [4.69, 9.17) is 11.6 Å². The minimum atomic E-state index is -0.704. The van der Waals surface area contributed by atoms with Crippen molar-refractivity contribution in [3.8, 4) is 0 Å². The molecule has 0 saturated carbocycles. The molecule has 1 atom stereocenters. The average molecular weight is 471 g/mol. The van der Waals surface area contributed by atoms with E-state index in [1.54, 1.807) is 18.2 Å². The fraction of sp³-hybridized carbons (Fsp3) is 0.172. The third-order valence-corrected chi connectivity index (χ3v) is 6.05. The highest BCUT2D eigenvalue weighted by Gasteiger charge is 2.22. The molecule has 172 valence electrons. The van der Waals surface area contributed by atoms with Gasteiger partial charge in [0.25, 0.3) is 5.91 Å². The van der Waals surface area contributed by atoms with Gasteiger partial charge >= 0.3 is 0 Å². The Bertz CT molecular complexity index is 1250. The number of aryl methyl sites for hydroxylation is 1. The number of hydrogen-bond donors (Lipinski definition) is 2. The molecule has 0 aliphatic carbocycles. The summed E-state index contributed by atoms with van der Waals surface area (Å²) in [4.78, 5) is 26.3. The second-order valence-corrected chi connectivity index (χ2v) is 8.70. The van der Waals surface area contributed by atoms with E-state index in [1.807, 2.05) is 66.7 Å². The second-order valence-electron chi connectivity index (χ2n) is 8.26. The maximum Gasteiger partial charge on any atom is 0.252 e. The molecule has 4 aromatic carbocycles. The molecule has 2 amide bonds. The molecule has 0 unspecified atom stereocenters. The molecule has 0 fully saturated rings. The lowest BCUT2D eigenvalue weighted by Crippen LogP contribution is -2.48. The number of halogens is 1. The van der Waals surface area contributed by atoms with Crippen LogP contribution in [0.3, 0.4) is 0 Å². The first kappa shape index (κ1) is 23.5. The molecular formula is C29H27ClN2O2. The Kier molecular flexibility index (Phi) is 7.95. The predicted octanol–water partition coefficient (Wildman–Crippen LogP) is 5.58. The van der Waals surface area contributed by atoms with Crippen molar-refractivity contribution < 1.29 is 9.59 Å². The lowest BCUT2D eigenvalue weighted by molar-refractivity contribution is -0.122. The SMILES string of the molecule is O=C(N[C@@H](Cc1ccc(Cl)cc1)C(=O)NCCCc1ccccc1)c1cccc2ccccc12. The van der Waals surface area contributed by atoms with E-state index in [0.717, 1.165) is 29.2 Å². The van der Waals surface area contributed by atoms with Gasteiger partial charge in [0.05, 0.1) is 0 Å². The quantitative estimate of drug-likeness (QED) is 0.313. The number of carbonyl (C=O) groups is 2. The summed E-state index contributed by atoms with van der Waals surface area (Å²) in [5.74, 6) is -0.466. The third kappa shape index (κ3) is 6.24. The number of benzene rings is 4. The van der Waals surface area contributed by atoms with Crippen molar-refractivity contribution in [1.82, 2.24) is 10.6 Å². The molecule has 4 aromatic rings. The van der Waals surface area contributed by atoms with Gasteiger partial charge in [-0.3, -0.25) is 9.59 Å². The van der Waals surface area contributed by atoms with Crippen LogP contribution in [0.4, 0.5) is 0 Å². The monoisotopic (exact) mass is 470 g/mol. The van der Waals surface area contributed by atoms with Crippen molar-refractivity contribution in [3.63, 3.8) is 0 Å². The summed E-state index contributed by atoms with van der Waals surface area (Å²) >= 11 is 6.02. The van der Waals surface area contributed by atoms with Crippen molar-refractivity contribution in [2.75, 3.05) is 6.54 Å². The minimum Gasteiger partial charge on any atom is -0.354 e. The van der Waals surface area contributed by atoms with Gasteiger partial charge in [-0.25, -0.2) is 0 Å². The normalized spacial score (nSPS) is 11.7. The number of rotatable bonds is 9. The number of amides is 2. The number of carbonyl (C=O) groups excluding carboxylic acids is 2. The summed E-state index contributed by atoms with van der Waals surface area (Å²) in [7, 11) is 0. The van der Waals surface area contributed by atoms with Gasteiger partial charge in [0, 0.05) is 23.6 Å². The van der Waals surface area contributed by atoms with Gasteiger partial charge in [-0.2, -0.15) is 0 Å². The molecule has 4 nitrogen and oxygen atoms in total. The lowest BCUT2D eigenvalue weighted by Gasteiger charge is -2.19. The van der Waals surface area contributed by atoms with Crippen LogP contribution < -0.4 is 10.6 Å². The van der Waals surface area contributed by atoms with Crippen molar-refractivity contribution in [1.29, 1.82) is 0 Å². The van der Waals surface area contributed by atoms with E-state index in [2.05, 4.69) is 22.8 Å². The molecule has 0 radical (unpaired) electrons. The molecule has 0 spiro atoms. The molecule has 0 bridgehead atoms. The van der Waals surface area contributed by atoms with Crippen LogP contribution in [0, 0.1) is 0 Å². The van der Waals surface area contributed by atoms with Gasteiger partial charge in [-0.15, -0.1) is 0 Å². The van der Waals surface area contributed by atoms with Gasteiger partial charge in [0.2, 0.25) is 5.91 Å². The number of nitrogens with one attached hydrogen (secondary N) is 2. The van der Waals surface area contributed by atoms with Crippen LogP contribution in [0.2, 0.25) is 5.02 Å². The van der Waals surface area contributed by atoms with Gasteiger partial charge in [0.1, 0.15) is 6.04 Å². The van der Waals surface area contributed by atoms with E-state index >= 15 is 0 Å². The average Bonchev–Trinajstić information content (AvgIpc) is 2.87. The van der Waals surface area contributed by atoms with Crippen molar-refractivity contribution >= 4 is 34.2 Å². The van der Waals surface area contributed by atoms with E-state index < -0.39 is 6.04 Å². The molecular weight excluding hydrogens is 444 g/mol. The highest BCUT2D eigenvalue weighted by Crippen LogP contribution is 2.19. The predicted molar refractivity (Wildman–Crippen MR) is 138 cm³/mol. The van der Waals surface area contributed by atoms with Gasteiger partial charge in [-0.05, 0) is 52.9 Å². The standard InChI is InChI=1S/C29H27ClN2O2/c30-24-17-15-22(16-18-24)20-27(29(34)31-19-7-10-21-8-2-1-3-9-21)32-28(33)26-14-6-12-23-11-4-5-13-25(23)26/h1-6,8-9,11-18,27H,7,10,19-20H2,(H,31,34)(H,32,33)/t27-/m0/s1. The van der Waals surface area contributed by atoms with E-state index in [0.29, 0.717) is 23.6 Å². The number of hydrogen-bond acceptors (Lipinski definition) is 2. The maximum absolute atomic E-state index is 13.2. The summed E-state index contributed by atoms with van der Waals surface area (Å²) in [5, 5.41) is 8.43. The van der Waals surface area contributed by atoms with Crippen molar-refractivity contribution in [3.05, 3.63) is 119 Å². The third-order valence-electron chi connectivity index (χ3n) is 5.79. The zero-order valence-corrected chi connectivity index (χ0v) is 19.6. The van der Waals surface area contributed by atoms with Gasteiger partial charge in [-0.1, -0.05) is 90.5 Å². The maximum atomic E-state index is 13.2. The van der Waals surface area contributed by atoms with Crippen LogP contribution in [0.25, 0.3) is 10.8 Å². The van der Waals surface area contributed by atoms with Gasteiger partial charge < -0.3 is 10.6 Å². The summed E-state index contributed by atoms with van der Waals surface area (Å²) in [6, 6.07) is 30.2. The van der Waals surface area contributed by atoms with Crippen LogP contribution in [0.15, 0.2) is 97.1 Å². The van der Waals surface area contributed by atoms with E-state index in [9.17, 15) is 9.59 Å². The zero-order chi connectivity index (χ0) is 23.8. The fourth-order valence-electron chi connectivity index (χ4n) is 4.00. The van der Waals surface area contributed by atoms with Crippen LogP contribution in [-0.2, 0) is 17.6 Å². The summed E-state index contributed by atoms with van der Waals surface area (Å²) in [5.41, 5.74) is 2.71. The molecule has 2 N–H and O–H groups in total. The fourth-order valence-corrected chi connectivity index (χ4v) is 4.12. The molecule has 34 heavy (non-hydrogen) atoms. The van der Waals surface area contributed by atoms with Crippen LogP contribution in [0.5, 0.6) is 0 Å². The lowest BCUT2D eigenvalue weighted by atomic mass is 10.0. The summed E-state index contributed by atoms with van der Waals surface area (Å²) in [6.07, 6.45) is 2.07. The Balaban J connectivity index is 1.46. The van der Waals surface area contributed by atoms with E-state index in [1.165, 1.54) is 5.56 Å². The first-order chi connectivity index (χ1) is 16.6.